The minimum Gasteiger partial charge on any atom is -0.574 e. The van der Waals surface area contributed by atoms with E-state index in [4.69, 9.17) is 42.4 Å². The first-order chi connectivity index (χ1) is 30.7. The Morgan fingerprint density at radius 1 is 0.812 bits per heavy atom. The van der Waals surface area contributed by atoms with Gasteiger partial charge >= 0.3 is 26.2 Å². The summed E-state index contributed by atoms with van der Waals surface area (Å²) in [5.41, 5.74) is 0.473. The third-order valence-electron chi connectivity index (χ3n) is 10.3. The molecule has 0 aliphatic carbocycles. The molecular formula is C44H57N4O15P. The summed E-state index contributed by atoms with van der Waals surface area (Å²) in [5.74, 6) is -2.63. The van der Waals surface area contributed by atoms with Crippen LogP contribution in [0.2, 0.25) is 0 Å². The van der Waals surface area contributed by atoms with Gasteiger partial charge in [0.25, 0.3) is 5.69 Å². The van der Waals surface area contributed by atoms with E-state index < -0.39 is 60.3 Å². The summed E-state index contributed by atoms with van der Waals surface area (Å²) in [6.45, 7) is 6.80. The molecule has 19 nitrogen and oxygen atoms in total. The number of nitrogens with zero attached hydrogens (tertiary/aromatic N) is 2. The fraction of sp³-hybridized carbons (Fsp3) is 0.523. The van der Waals surface area contributed by atoms with E-state index in [0.29, 0.717) is 37.6 Å². The van der Waals surface area contributed by atoms with Crippen LogP contribution in [0, 0.1) is 20.9 Å². The zero-order chi connectivity index (χ0) is 46.0. The fourth-order valence-corrected chi connectivity index (χ4v) is 6.97. The van der Waals surface area contributed by atoms with Crippen molar-refractivity contribution in [3.8, 4) is 17.2 Å². The lowest BCUT2D eigenvalue weighted by Gasteiger charge is -2.46. The Labute approximate surface area is 373 Å². The lowest BCUT2D eigenvalue weighted by Crippen LogP contribution is -2.59. The number of non-ortho nitro benzene ring substituents is 1. The van der Waals surface area contributed by atoms with Crippen LogP contribution in [0.15, 0.2) is 83.7 Å². The standard InChI is InChI=1S/C44H57N4O15P/c1-42(2,31-59-37-14-8-10-27-55-37)39(49)62-44(61-38-15-9-11-28-56-38,43(3,4)40(50)57-29-26-45-41(51)58-30-32-12-6-5-7-13-32)24-25-46-47-64(54)63-36-22-20-35(21-23-36)60-34-18-16-33(17-19-34)48(52)53/h5-7,12-13,16-23,37-38,46H,8-11,14-15,24-31H2,1-4H3,(H,45,51). The van der Waals surface area contributed by atoms with E-state index in [-0.39, 0.29) is 50.8 Å². The second-order valence-corrected chi connectivity index (χ2v) is 17.1. The highest BCUT2D eigenvalue weighted by Gasteiger charge is 2.58. The maximum absolute atomic E-state index is 14.3. The van der Waals surface area contributed by atoms with Crippen LogP contribution in [0.4, 0.5) is 10.5 Å². The number of hydrogen-bond donors (Lipinski definition) is 2. The summed E-state index contributed by atoms with van der Waals surface area (Å²) in [4.78, 5) is 68.1. The number of nitrogens with one attached hydrogen (secondary N) is 2. The molecule has 2 saturated heterocycles. The van der Waals surface area contributed by atoms with Crippen molar-refractivity contribution in [3.05, 3.63) is 94.5 Å². The van der Waals surface area contributed by atoms with Crippen molar-refractivity contribution in [2.45, 2.75) is 97.6 Å². The first-order valence-corrected chi connectivity index (χ1v) is 22.3. The van der Waals surface area contributed by atoms with Crippen molar-refractivity contribution in [1.29, 1.82) is 0 Å². The molecule has 3 aromatic carbocycles. The molecule has 4 unspecified atom stereocenters. The third kappa shape index (κ3) is 15.2. The van der Waals surface area contributed by atoms with Crippen molar-refractivity contribution in [3.63, 3.8) is 0 Å². The highest BCUT2D eigenvalue weighted by Crippen LogP contribution is 2.43. The molecule has 2 aliphatic rings. The van der Waals surface area contributed by atoms with Gasteiger partial charge in [0.1, 0.15) is 30.1 Å². The van der Waals surface area contributed by atoms with E-state index in [0.717, 1.165) is 31.2 Å². The van der Waals surface area contributed by atoms with E-state index in [1.807, 2.05) is 30.3 Å². The molecule has 1 amide bonds. The van der Waals surface area contributed by atoms with Gasteiger partial charge in [-0.2, -0.15) is 5.43 Å². The Morgan fingerprint density at radius 2 is 1.44 bits per heavy atom. The number of nitro benzene ring substituents is 1. The number of esters is 2. The van der Waals surface area contributed by atoms with Gasteiger partial charge in [0.05, 0.1) is 23.5 Å². The predicted molar refractivity (Wildman–Crippen MR) is 228 cm³/mol. The van der Waals surface area contributed by atoms with Crippen LogP contribution in [0.5, 0.6) is 17.2 Å². The Bertz CT molecular complexity index is 1990. The molecule has 2 N–H and O–H groups in total. The molecule has 0 saturated carbocycles. The van der Waals surface area contributed by atoms with Crippen molar-refractivity contribution >= 4 is 31.9 Å². The van der Waals surface area contributed by atoms with E-state index in [9.17, 15) is 29.4 Å². The maximum Gasteiger partial charge on any atom is 0.412 e. The number of alkyl carbamates (subject to hydrolysis) is 1. The van der Waals surface area contributed by atoms with Gasteiger partial charge in [0.2, 0.25) is 5.79 Å². The number of carbonyl (C=O) groups excluding carboxylic acids is 3. The van der Waals surface area contributed by atoms with E-state index >= 15 is 0 Å². The van der Waals surface area contributed by atoms with Gasteiger partial charge in [-0.25, -0.2) is 4.79 Å². The molecule has 3 aromatic rings. The molecule has 2 fully saturated rings. The van der Waals surface area contributed by atoms with Gasteiger partial charge in [0, 0.05) is 43.2 Å². The molecule has 2 heterocycles. The van der Waals surface area contributed by atoms with Crippen LogP contribution in [-0.2, 0) is 49.4 Å². The molecule has 2 aliphatic heterocycles. The number of amides is 1. The Hall–Kier alpha value is -5.27. The summed E-state index contributed by atoms with van der Waals surface area (Å²) in [6, 6.07) is 20.9. The molecule has 0 spiro atoms. The van der Waals surface area contributed by atoms with Gasteiger partial charge in [0.15, 0.2) is 18.3 Å². The van der Waals surface area contributed by atoms with Crippen LogP contribution in [0.25, 0.3) is 0 Å². The minimum absolute atomic E-state index is 0.0556. The van der Waals surface area contributed by atoms with Crippen molar-refractivity contribution in [2.75, 3.05) is 39.5 Å². The second kappa shape index (κ2) is 24.1. The Kier molecular flexibility index (Phi) is 18.8. The summed E-state index contributed by atoms with van der Waals surface area (Å²) >= 11 is 0. The molecule has 5 rings (SSSR count). The lowest BCUT2D eigenvalue weighted by molar-refractivity contribution is -0.384. The van der Waals surface area contributed by atoms with Gasteiger partial charge < -0.3 is 48.1 Å². The van der Waals surface area contributed by atoms with Gasteiger partial charge in [-0.05, 0) is 108 Å². The van der Waals surface area contributed by atoms with Crippen LogP contribution >= 0.6 is 8.17 Å². The van der Waals surface area contributed by atoms with Crippen LogP contribution < -0.4 is 24.9 Å². The van der Waals surface area contributed by atoms with E-state index in [1.54, 1.807) is 26.0 Å². The Balaban J connectivity index is 1.27. The third-order valence-corrected chi connectivity index (χ3v) is 11.0. The van der Waals surface area contributed by atoms with Crippen molar-refractivity contribution in [2.24, 2.45) is 15.7 Å². The molecule has 0 bridgehead atoms. The second-order valence-electron chi connectivity index (χ2n) is 16.2. The monoisotopic (exact) mass is 912 g/mol. The van der Waals surface area contributed by atoms with Crippen LogP contribution in [-0.4, -0.2) is 80.8 Å². The Morgan fingerprint density at radius 3 is 2.06 bits per heavy atom. The minimum atomic E-state index is -2.69. The molecule has 0 aromatic heterocycles. The SMILES string of the molecule is CC(C)(COC1CCCCO1)C(=O)OC(CCN/N=[P+](\[O-])Oc1ccc(Oc2ccc([N+](=O)[O-])cc2)cc1)(OC1CCCCO1)C(C)(C)C(=O)OCCNC(=O)OCc1ccccc1. The van der Waals surface area contributed by atoms with Crippen molar-refractivity contribution < 1.29 is 66.6 Å². The molecule has 64 heavy (non-hydrogen) atoms. The highest BCUT2D eigenvalue weighted by atomic mass is 31.1. The molecule has 0 radical (unpaired) electrons. The smallest absolute Gasteiger partial charge is 0.412 e. The molecule has 4 atom stereocenters. The van der Waals surface area contributed by atoms with Crippen molar-refractivity contribution in [1.82, 2.24) is 10.7 Å². The largest absolute Gasteiger partial charge is 0.574 e. The number of benzene rings is 3. The van der Waals surface area contributed by atoms with Gasteiger partial charge in [-0.3, -0.25) is 24.2 Å². The number of ether oxygens (including phenoxy) is 8. The lowest BCUT2D eigenvalue weighted by atomic mass is 9.80. The number of carbonyl (C=O) groups is 3. The molecular weight excluding hydrogens is 855 g/mol. The topological polar surface area (TPSA) is 237 Å². The number of hydrogen-bond acceptors (Lipinski definition) is 16. The van der Waals surface area contributed by atoms with Gasteiger partial charge in [-0.15, -0.1) is 0 Å². The fourth-order valence-electron chi connectivity index (χ4n) is 6.41. The number of rotatable bonds is 23. The summed E-state index contributed by atoms with van der Waals surface area (Å²) in [5, 5.41) is 13.5. The molecule has 20 heteroatoms. The first kappa shape index (κ1) is 49.7. The van der Waals surface area contributed by atoms with Crippen LogP contribution in [0.3, 0.4) is 0 Å². The zero-order valence-electron chi connectivity index (χ0n) is 36.5. The van der Waals surface area contributed by atoms with E-state index in [2.05, 4.69) is 15.6 Å². The average molecular weight is 913 g/mol. The summed E-state index contributed by atoms with van der Waals surface area (Å²) < 4.78 is 52.7. The summed E-state index contributed by atoms with van der Waals surface area (Å²) in [6.07, 6.45) is 2.26. The molecule has 348 valence electrons. The van der Waals surface area contributed by atoms with Gasteiger partial charge in [-0.1, -0.05) is 30.3 Å². The average Bonchev–Trinajstić information content (AvgIpc) is 3.29. The quantitative estimate of drug-likeness (QED) is 0.0180. The van der Waals surface area contributed by atoms with Crippen LogP contribution in [0.1, 0.15) is 78.2 Å². The summed E-state index contributed by atoms with van der Waals surface area (Å²) in [7, 11) is -2.69. The van der Waals surface area contributed by atoms with E-state index in [1.165, 1.54) is 50.2 Å². The first-order valence-electron chi connectivity index (χ1n) is 21.1. The zero-order valence-corrected chi connectivity index (χ0v) is 37.4. The highest BCUT2D eigenvalue weighted by molar-refractivity contribution is 7.33. The maximum atomic E-state index is 14.3. The number of nitro groups is 1. The normalized spacial score (nSPS) is 17.9. The predicted octanol–water partition coefficient (Wildman–Crippen LogP) is 7.36.